The van der Waals surface area contributed by atoms with Crippen LogP contribution >= 0.6 is 45.8 Å². The van der Waals surface area contributed by atoms with Crippen LogP contribution in [0, 0.1) is 3.57 Å². The minimum Gasteiger partial charge on any atom is -0.484 e. The van der Waals surface area contributed by atoms with Crippen molar-refractivity contribution >= 4 is 57.6 Å². The number of hydrogen-bond donors (Lipinski definition) is 1. The Bertz CT molecular complexity index is 913. The first-order chi connectivity index (χ1) is 15.3. The van der Waals surface area contributed by atoms with E-state index in [-0.39, 0.29) is 31.0 Å². The van der Waals surface area contributed by atoms with E-state index in [1.807, 2.05) is 24.3 Å². The molecule has 8 heteroatoms. The van der Waals surface area contributed by atoms with E-state index >= 15 is 0 Å². The van der Waals surface area contributed by atoms with E-state index in [2.05, 4.69) is 27.9 Å². The summed E-state index contributed by atoms with van der Waals surface area (Å²) in [7, 11) is 0. The number of rotatable bonds is 8. The first kappa shape index (κ1) is 25.1. The van der Waals surface area contributed by atoms with Crippen LogP contribution in [0.2, 0.25) is 10.0 Å². The third kappa shape index (κ3) is 6.99. The van der Waals surface area contributed by atoms with Gasteiger partial charge < -0.3 is 15.0 Å². The number of benzene rings is 2. The maximum Gasteiger partial charge on any atom is 0.261 e. The smallest absolute Gasteiger partial charge is 0.261 e. The Balaban J connectivity index is 1.75. The molecule has 0 radical (unpaired) electrons. The Morgan fingerprint density at radius 3 is 2.34 bits per heavy atom. The van der Waals surface area contributed by atoms with E-state index in [0.29, 0.717) is 21.4 Å². The summed E-state index contributed by atoms with van der Waals surface area (Å²) >= 11 is 14.9. The summed E-state index contributed by atoms with van der Waals surface area (Å²) in [6.07, 6.45) is 5.37. The van der Waals surface area contributed by atoms with E-state index in [9.17, 15) is 9.59 Å². The van der Waals surface area contributed by atoms with Crippen LogP contribution in [0.4, 0.5) is 0 Å². The number of ether oxygens (including phenoxy) is 1. The highest BCUT2D eigenvalue weighted by Gasteiger charge is 2.29. The van der Waals surface area contributed by atoms with E-state index in [4.69, 9.17) is 27.9 Å². The highest BCUT2D eigenvalue weighted by Crippen LogP contribution is 2.27. The zero-order valence-electron chi connectivity index (χ0n) is 18.0. The van der Waals surface area contributed by atoms with Gasteiger partial charge in [0.25, 0.3) is 5.91 Å². The number of carbonyl (C=O) groups excluding carboxylic acids is 2. The summed E-state index contributed by atoms with van der Waals surface area (Å²) in [6.45, 7) is 1.65. The molecule has 1 N–H and O–H groups in total. The van der Waals surface area contributed by atoms with Crippen LogP contribution in [-0.4, -0.2) is 35.4 Å². The van der Waals surface area contributed by atoms with Gasteiger partial charge >= 0.3 is 0 Å². The molecule has 1 saturated carbocycles. The fourth-order valence-electron chi connectivity index (χ4n) is 3.76. The molecule has 2 aromatic rings. The molecule has 1 aliphatic rings. The Morgan fingerprint density at radius 2 is 1.72 bits per heavy atom. The van der Waals surface area contributed by atoms with Crippen LogP contribution in [0.5, 0.6) is 5.75 Å². The van der Waals surface area contributed by atoms with Crippen molar-refractivity contribution in [1.82, 2.24) is 10.2 Å². The van der Waals surface area contributed by atoms with Crippen LogP contribution in [0.1, 0.15) is 44.6 Å². The molecule has 0 aromatic heterocycles. The first-order valence-corrected chi connectivity index (χ1v) is 12.6. The molecule has 32 heavy (non-hydrogen) atoms. The standard InChI is InChI=1S/C24H27Cl2IN2O3/c1-16(24(31)28-18-6-3-2-4-7-18)29(14-20-21(25)8-5-9-22(20)26)23(30)15-32-19-12-10-17(27)11-13-19/h5,8-13,16,18H,2-4,6-7,14-15H2,1H3,(H,28,31)/t16-/m0/s1. The molecule has 3 rings (SSSR count). The molecular formula is C24H27Cl2IN2O3. The second-order valence-electron chi connectivity index (χ2n) is 7.98. The van der Waals surface area contributed by atoms with Gasteiger partial charge in [0, 0.05) is 31.8 Å². The van der Waals surface area contributed by atoms with Gasteiger partial charge in [0.2, 0.25) is 5.91 Å². The van der Waals surface area contributed by atoms with Gasteiger partial charge in [-0.3, -0.25) is 9.59 Å². The number of halogens is 3. The molecule has 2 amide bonds. The third-order valence-electron chi connectivity index (χ3n) is 5.68. The number of nitrogens with zero attached hydrogens (tertiary/aromatic N) is 1. The normalized spacial score (nSPS) is 15.1. The fraction of sp³-hybridized carbons (Fsp3) is 0.417. The summed E-state index contributed by atoms with van der Waals surface area (Å²) < 4.78 is 6.76. The van der Waals surface area contributed by atoms with Crippen molar-refractivity contribution in [2.24, 2.45) is 0 Å². The van der Waals surface area contributed by atoms with Crippen LogP contribution in [0.15, 0.2) is 42.5 Å². The second-order valence-corrected chi connectivity index (χ2v) is 10.0. The lowest BCUT2D eigenvalue weighted by Crippen LogP contribution is -2.51. The molecule has 1 aliphatic carbocycles. The number of hydrogen-bond acceptors (Lipinski definition) is 3. The van der Waals surface area contributed by atoms with Gasteiger partial charge in [-0.1, -0.05) is 48.5 Å². The third-order valence-corrected chi connectivity index (χ3v) is 7.11. The van der Waals surface area contributed by atoms with Crippen molar-refractivity contribution in [2.45, 2.75) is 57.7 Å². The van der Waals surface area contributed by atoms with Crippen LogP contribution in [0.3, 0.4) is 0 Å². The Morgan fingerprint density at radius 1 is 1.09 bits per heavy atom. The average molecular weight is 589 g/mol. The molecule has 1 atom stereocenters. The number of carbonyl (C=O) groups is 2. The van der Waals surface area contributed by atoms with Gasteiger partial charge in [-0.2, -0.15) is 0 Å². The van der Waals surface area contributed by atoms with Crippen molar-refractivity contribution in [3.05, 3.63) is 61.6 Å². The lowest BCUT2D eigenvalue weighted by atomic mass is 9.95. The summed E-state index contributed by atoms with van der Waals surface area (Å²) in [5.41, 5.74) is 0.607. The highest BCUT2D eigenvalue weighted by atomic mass is 127. The van der Waals surface area contributed by atoms with Gasteiger partial charge in [0.05, 0.1) is 0 Å². The predicted molar refractivity (Wildman–Crippen MR) is 136 cm³/mol. The van der Waals surface area contributed by atoms with Crippen molar-refractivity contribution in [3.8, 4) is 5.75 Å². The van der Waals surface area contributed by atoms with E-state index in [0.717, 1.165) is 29.3 Å². The maximum atomic E-state index is 13.2. The van der Waals surface area contributed by atoms with Crippen molar-refractivity contribution in [1.29, 1.82) is 0 Å². The van der Waals surface area contributed by atoms with E-state index in [1.165, 1.54) is 11.3 Å². The van der Waals surface area contributed by atoms with Crippen LogP contribution in [-0.2, 0) is 16.1 Å². The molecule has 0 bridgehead atoms. The number of amides is 2. The van der Waals surface area contributed by atoms with Gasteiger partial charge in [0.15, 0.2) is 6.61 Å². The maximum absolute atomic E-state index is 13.2. The lowest BCUT2D eigenvalue weighted by Gasteiger charge is -2.31. The molecule has 172 valence electrons. The Hall–Kier alpha value is -1.51. The van der Waals surface area contributed by atoms with Gasteiger partial charge in [0.1, 0.15) is 11.8 Å². The Labute approximate surface area is 212 Å². The molecule has 1 fully saturated rings. The fourth-order valence-corrected chi connectivity index (χ4v) is 4.64. The van der Waals surface area contributed by atoms with Crippen LogP contribution in [0.25, 0.3) is 0 Å². The van der Waals surface area contributed by atoms with E-state index in [1.54, 1.807) is 25.1 Å². The monoisotopic (exact) mass is 588 g/mol. The summed E-state index contributed by atoms with van der Waals surface area (Å²) in [5, 5.41) is 4.01. The average Bonchev–Trinajstić information content (AvgIpc) is 2.78. The molecule has 0 spiro atoms. The van der Waals surface area contributed by atoms with E-state index < -0.39 is 6.04 Å². The first-order valence-electron chi connectivity index (χ1n) is 10.8. The SMILES string of the molecule is C[C@@H](C(=O)NC1CCCCC1)N(Cc1c(Cl)cccc1Cl)C(=O)COc1ccc(I)cc1. The van der Waals surface area contributed by atoms with Crippen LogP contribution < -0.4 is 10.1 Å². The zero-order valence-corrected chi connectivity index (χ0v) is 21.6. The minimum atomic E-state index is -0.697. The molecule has 0 aliphatic heterocycles. The van der Waals surface area contributed by atoms with Crippen molar-refractivity contribution in [2.75, 3.05) is 6.61 Å². The quantitative estimate of drug-likeness (QED) is 0.394. The summed E-state index contributed by atoms with van der Waals surface area (Å²) in [4.78, 5) is 27.7. The van der Waals surface area contributed by atoms with Gasteiger partial charge in [-0.15, -0.1) is 0 Å². The number of nitrogens with one attached hydrogen (secondary N) is 1. The van der Waals surface area contributed by atoms with Crippen molar-refractivity contribution < 1.29 is 14.3 Å². The molecule has 0 heterocycles. The topological polar surface area (TPSA) is 58.6 Å². The van der Waals surface area contributed by atoms with Gasteiger partial charge in [-0.05, 0) is 78.8 Å². The Kier molecular flexibility index (Phi) is 9.49. The highest BCUT2D eigenvalue weighted by molar-refractivity contribution is 14.1. The predicted octanol–water partition coefficient (Wildman–Crippen LogP) is 5.84. The summed E-state index contributed by atoms with van der Waals surface area (Å²) in [6, 6.07) is 12.1. The second kappa shape index (κ2) is 12.1. The van der Waals surface area contributed by atoms with Crippen molar-refractivity contribution in [3.63, 3.8) is 0 Å². The molecule has 0 unspecified atom stereocenters. The van der Waals surface area contributed by atoms with Gasteiger partial charge in [-0.25, -0.2) is 0 Å². The molecule has 2 aromatic carbocycles. The minimum absolute atomic E-state index is 0.118. The zero-order chi connectivity index (χ0) is 23.1. The summed E-state index contributed by atoms with van der Waals surface area (Å²) in [5.74, 6) is 0.0994. The largest absolute Gasteiger partial charge is 0.484 e. The molecule has 0 saturated heterocycles. The molecular weight excluding hydrogens is 562 g/mol. The lowest BCUT2D eigenvalue weighted by molar-refractivity contribution is -0.142. The molecule has 5 nitrogen and oxygen atoms in total.